The van der Waals surface area contributed by atoms with E-state index in [2.05, 4.69) is 36.1 Å². The molecule has 0 radical (unpaired) electrons. The summed E-state index contributed by atoms with van der Waals surface area (Å²) in [5.41, 5.74) is 6.61. The summed E-state index contributed by atoms with van der Waals surface area (Å²) in [7, 11) is 0. The lowest BCUT2D eigenvalue weighted by molar-refractivity contribution is 0.528. The molecular formula is C11H13N5S2. The molecule has 3 aromatic rings. The van der Waals surface area contributed by atoms with Gasteiger partial charge >= 0.3 is 0 Å². The van der Waals surface area contributed by atoms with Gasteiger partial charge in [-0.3, -0.25) is 0 Å². The number of nitrogens with zero attached hydrogens (tertiary/aromatic N) is 4. The number of aromatic nitrogens is 4. The topological polar surface area (TPSA) is 69.1 Å². The van der Waals surface area contributed by atoms with Crippen molar-refractivity contribution in [2.45, 2.75) is 26.2 Å². The van der Waals surface area contributed by atoms with E-state index in [1.807, 2.05) is 16.0 Å². The fourth-order valence-electron chi connectivity index (χ4n) is 1.67. The second-order valence-electron chi connectivity index (χ2n) is 5.08. The summed E-state index contributed by atoms with van der Waals surface area (Å²) in [6, 6.07) is 1.90. The zero-order valence-corrected chi connectivity index (χ0v) is 12.0. The lowest BCUT2D eigenvalue weighted by Crippen LogP contribution is -2.16. The van der Waals surface area contributed by atoms with Gasteiger partial charge in [-0.1, -0.05) is 32.1 Å². The molecule has 5 nitrogen and oxygen atoms in total. The molecule has 0 aromatic carbocycles. The lowest BCUT2D eigenvalue weighted by Gasteiger charge is -2.13. The van der Waals surface area contributed by atoms with Crippen LogP contribution in [-0.2, 0) is 5.41 Å². The van der Waals surface area contributed by atoms with Gasteiger partial charge in [-0.05, 0) is 11.4 Å². The number of anilines is 1. The number of nitrogens with two attached hydrogens (primary N) is 1. The summed E-state index contributed by atoms with van der Waals surface area (Å²) in [6.07, 6.45) is 0. The Morgan fingerprint density at radius 2 is 2.06 bits per heavy atom. The number of rotatable bonds is 1. The average Bonchev–Trinajstić information content (AvgIpc) is 2.87. The van der Waals surface area contributed by atoms with E-state index in [1.54, 1.807) is 11.3 Å². The Morgan fingerprint density at radius 3 is 2.67 bits per heavy atom. The monoisotopic (exact) mass is 279 g/mol. The first-order valence-electron chi connectivity index (χ1n) is 5.53. The smallest absolute Gasteiger partial charge is 0.235 e. The minimum Gasteiger partial charge on any atom is -0.397 e. The Labute approximate surface area is 112 Å². The van der Waals surface area contributed by atoms with Gasteiger partial charge in [-0.15, -0.1) is 21.5 Å². The molecule has 3 rings (SSSR count). The SMILES string of the molecule is CC(C)(C)c1nnc2sc(-c3sccc3N)nn12. The predicted octanol–water partition coefficient (Wildman–Crippen LogP) is 2.79. The summed E-state index contributed by atoms with van der Waals surface area (Å²) in [5.74, 6) is 0.870. The molecule has 0 unspecified atom stereocenters. The Morgan fingerprint density at radius 1 is 1.28 bits per heavy atom. The van der Waals surface area contributed by atoms with Crippen LogP contribution in [0.4, 0.5) is 5.69 Å². The summed E-state index contributed by atoms with van der Waals surface area (Å²) in [5, 5.41) is 15.8. The standard InChI is InChI=1S/C11H13N5S2/c1-11(2,3)9-13-14-10-16(9)15-8(18-10)7-6(12)4-5-17-7/h4-5H,12H2,1-3H3. The minimum atomic E-state index is -0.0776. The maximum Gasteiger partial charge on any atom is 0.235 e. The zero-order valence-electron chi connectivity index (χ0n) is 10.3. The van der Waals surface area contributed by atoms with Crippen molar-refractivity contribution < 1.29 is 0 Å². The third-order valence-electron chi connectivity index (χ3n) is 2.55. The molecule has 0 atom stereocenters. The van der Waals surface area contributed by atoms with Crippen LogP contribution in [0.5, 0.6) is 0 Å². The molecular weight excluding hydrogens is 266 g/mol. The van der Waals surface area contributed by atoms with Crippen molar-refractivity contribution in [3.8, 4) is 9.88 Å². The fourth-order valence-corrected chi connectivity index (χ4v) is 3.44. The minimum absolute atomic E-state index is 0.0776. The van der Waals surface area contributed by atoms with E-state index in [4.69, 9.17) is 5.73 Å². The van der Waals surface area contributed by atoms with Gasteiger partial charge in [-0.2, -0.15) is 9.61 Å². The highest BCUT2D eigenvalue weighted by Crippen LogP contribution is 2.35. The van der Waals surface area contributed by atoms with E-state index in [9.17, 15) is 0 Å². The van der Waals surface area contributed by atoms with Gasteiger partial charge in [0.05, 0.1) is 10.6 Å². The lowest BCUT2D eigenvalue weighted by atomic mass is 9.96. The molecule has 0 aliphatic heterocycles. The van der Waals surface area contributed by atoms with Crippen molar-refractivity contribution >= 4 is 33.3 Å². The van der Waals surface area contributed by atoms with Gasteiger partial charge in [0, 0.05) is 5.41 Å². The summed E-state index contributed by atoms with van der Waals surface area (Å²) >= 11 is 3.11. The van der Waals surface area contributed by atoms with Crippen molar-refractivity contribution in [3.63, 3.8) is 0 Å². The van der Waals surface area contributed by atoms with Crippen LogP contribution in [0.15, 0.2) is 11.4 Å². The maximum absolute atomic E-state index is 5.92. The van der Waals surface area contributed by atoms with Gasteiger partial charge in [-0.25, -0.2) is 0 Å². The molecule has 3 heterocycles. The van der Waals surface area contributed by atoms with Crippen molar-refractivity contribution in [1.29, 1.82) is 0 Å². The van der Waals surface area contributed by atoms with Crippen LogP contribution in [0.25, 0.3) is 14.8 Å². The first-order chi connectivity index (χ1) is 8.47. The molecule has 94 valence electrons. The first-order valence-corrected chi connectivity index (χ1v) is 7.22. The van der Waals surface area contributed by atoms with Crippen molar-refractivity contribution in [3.05, 3.63) is 17.3 Å². The van der Waals surface area contributed by atoms with Gasteiger partial charge in [0.1, 0.15) is 0 Å². The van der Waals surface area contributed by atoms with E-state index in [1.165, 1.54) is 11.3 Å². The van der Waals surface area contributed by atoms with Crippen LogP contribution >= 0.6 is 22.7 Å². The maximum atomic E-state index is 5.92. The highest BCUT2D eigenvalue weighted by molar-refractivity contribution is 7.24. The molecule has 0 aliphatic rings. The fraction of sp³-hybridized carbons (Fsp3) is 0.364. The zero-order chi connectivity index (χ0) is 12.9. The van der Waals surface area contributed by atoms with Gasteiger partial charge < -0.3 is 5.73 Å². The molecule has 3 aromatic heterocycles. The molecule has 0 aliphatic carbocycles. The molecule has 0 saturated carbocycles. The van der Waals surface area contributed by atoms with Crippen molar-refractivity contribution in [1.82, 2.24) is 19.8 Å². The summed E-state index contributed by atoms with van der Waals surface area (Å²) in [6.45, 7) is 6.30. The molecule has 0 saturated heterocycles. The molecule has 0 amide bonds. The van der Waals surface area contributed by atoms with E-state index >= 15 is 0 Å². The molecule has 0 fully saturated rings. The van der Waals surface area contributed by atoms with E-state index in [-0.39, 0.29) is 5.41 Å². The Balaban J connectivity index is 2.19. The van der Waals surface area contributed by atoms with Gasteiger partial charge in [0.15, 0.2) is 10.8 Å². The normalized spacial score (nSPS) is 12.4. The summed E-state index contributed by atoms with van der Waals surface area (Å²) in [4.78, 5) is 1.81. The molecule has 0 spiro atoms. The van der Waals surface area contributed by atoms with Crippen LogP contribution in [0.1, 0.15) is 26.6 Å². The first kappa shape index (κ1) is 11.6. The Kier molecular flexibility index (Phi) is 2.43. The second-order valence-corrected chi connectivity index (χ2v) is 6.95. The van der Waals surface area contributed by atoms with Gasteiger partial charge in [0.25, 0.3) is 0 Å². The third-order valence-corrected chi connectivity index (χ3v) is 4.53. The highest BCUT2D eigenvalue weighted by Gasteiger charge is 2.24. The van der Waals surface area contributed by atoms with Crippen LogP contribution in [0.2, 0.25) is 0 Å². The van der Waals surface area contributed by atoms with Crippen molar-refractivity contribution in [2.24, 2.45) is 0 Å². The number of fused-ring (bicyclic) bond motifs is 1. The average molecular weight is 279 g/mol. The number of nitrogen functional groups attached to an aromatic ring is 1. The predicted molar refractivity (Wildman–Crippen MR) is 75.1 cm³/mol. The van der Waals surface area contributed by atoms with Gasteiger partial charge in [0.2, 0.25) is 4.96 Å². The van der Waals surface area contributed by atoms with E-state index in [0.29, 0.717) is 0 Å². The third kappa shape index (κ3) is 1.70. The van der Waals surface area contributed by atoms with Crippen molar-refractivity contribution in [2.75, 3.05) is 5.73 Å². The quantitative estimate of drug-likeness (QED) is 0.743. The molecule has 0 bridgehead atoms. The van der Waals surface area contributed by atoms with Crippen LogP contribution in [0.3, 0.4) is 0 Å². The molecule has 2 N–H and O–H groups in total. The van der Waals surface area contributed by atoms with Crippen LogP contribution in [-0.4, -0.2) is 19.8 Å². The number of thiophene rings is 1. The van der Waals surface area contributed by atoms with Crippen LogP contribution in [0, 0.1) is 0 Å². The van der Waals surface area contributed by atoms with E-state index in [0.717, 1.165) is 26.4 Å². The second kappa shape index (κ2) is 3.76. The highest BCUT2D eigenvalue weighted by atomic mass is 32.1. The Bertz CT molecular complexity index is 700. The largest absolute Gasteiger partial charge is 0.397 e. The molecule has 18 heavy (non-hydrogen) atoms. The Hall–Kier alpha value is -1.47. The van der Waals surface area contributed by atoms with Crippen LogP contribution < -0.4 is 5.73 Å². The molecule has 7 heteroatoms. The number of hydrogen-bond acceptors (Lipinski definition) is 6. The summed E-state index contributed by atoms with van der Waals surface area (Å²) < 4.78 is 1.82. The number of hydrogen-bond donors (Lipinski definition) is 1. The van der Waals surface area contributed by atoms with E-state index < -0.39 is 0 Å².